The van der Waals surface area contributed by atoms with Crippen LogP contribution < -0.4 is 0 Å². The highest BCUT2D eigenvalue weighted by Gasteiger charge is 2.29. The van der Waals surface area contributed by atoms with Gasteiger partial charge in [-0.1, -0.05) is 18.2 Å². The molecular formula is C12H9NS2. The van der Waals surface area contributed by atoms with Crippen LogP contribution in [0.1, 0.15) is 23.6 Å². The number of hydrogen-bond acceptors (Lipinski definition) is 3. The predicted molar refractivity (Wildman–Crippen MR) is 65.3 cm³/mol. The van der Waals surface area contributed by atoms with Crippen molar-refractivity contribution < 1.29 is 0 Å². The van der Waals surface area contributed by atoms with Crippen LogP contribution in [-0.4, -0.2) is 0 Å². The molecule has 3 heteroatoms. The van der Waals surface area contributed by atoms with E-state index in [1.54, 1.807) is 0 Å². The molecule has 0 aliphatic heterocycles. The van der Waals surface area contributed by atoms with Crippen LogP contribution >= 0.6 is 23.1 Å². The SMILES string of the molecule is N#CSc1c(C2CC2)sc2ccccc12. The zero-order valence-electron chi connectivity index (χ0n) is 8.06. The molecule has 1 aliphatic carbocycles. The molecule has 0 radical (unpaired) electrons. The third kappa shape index (κ3) is 1.54. The number of nitrogens with zero attached hydrogens (tertiary/aromatic N) is 1. The van der Waals surface area contributed by atoms with Crippen LogP contribution in [0.4, 0.5) is 0 Å². The average Bonchev–Trinajstić information content (AvgIpc) is 3.04. The molecule has 1 nitrogen and oxygen atoms in total. The normalized spacial score (nSPS) is 15.4. The molecular weight excluding hydrogens is 222 g/mol. The minimum absolute atomic E-state index is 0.734. The first-order valence-electron chi connectivity index (χ1n) is 4.97. The topological polar surface area (TPSA) is 23.8 Å². The maximum Gasteiger partial charge on any atom is 0.138 e. The number of fused-ring (bicyclic) bond motifs is 1. The summed E-state index contributed by atoms with van der Waals surface area (Å²) in [5.74, 6) is 0.734. The second-order valence-corrected chi connectivity index (χ2v) is 5.64. The predicted octanol–water partition coefficient (Wildman–Crippen LogP) is 4.35. The van der Waals surface area contributed by atoms with Gasteiger partial charge in [0, 0.05) is 19.9 Å². The summed E-state index contributed by atoms with van der Waals surface area (Å²) in [6, 6.07) is 8.38. The van der Waals surface area contributed by atoms with Gasteiger partial charge in [0.25, 0.3) is 0 Å². The van der Waals surface area contributed by atoms with E-state index < -0.39 is 0 Å². The van der Waals surface area contributed by atoms with Gasteiger partial charge in [0.15, 0.2) is 0 Å². The Hall–Kier alpha value is -0.980. The number of hydrogen-bond donors (Lipinski definition) is 0. The third-order valence-electron chi connectivity index (χ3n) is 2.67. The summed E-state index contributed by atoms with van der Waals surface area (Å²) >= 11 is 3.18. The zero-order chi connectivity index (χ0) is 10.3. The van der Waals surface area contributed by atoms with Crippen molar-refractivity contribution >= 4 is 33.2 Å². The van der Waals surface area contributed by atoms with Crippen molar-refractivity contribution in [3.63, 3.8) is 0 Å². The highest BCUT2D eigenvalue weighted by atomic mass is 32.2. The van der Waals surface area contributed by atoms with Gasteiger partial charge in [-0.3, -0.25) is 0 Å². The van der Waals surface area contributed by atoms with Crippen molar-refractivity contribution in [1.82, 2.24) is 0 Å². The van der Waals surface area contributed by atoms with Gasteiger partial charge in [-0.2, -0.15) is 5.26 Å². The molecule has 1 saturated carbocycles. The summed E-state index contributed by atoms with van der Waals surface area (Å²) in [5.41, 5.74) is 0. The van der Waals surface area contributed by atoms with Crippen molar-refractivity contribution in [2.24, 2.45) is 0 Å². The molecule has 74 valence electrons. The minimum Gasteiger partial charge on any atom is -0.185 e. The molecule has 0 amide bonds. The summed E-state index contributed by atoms with van der Waals surface area (Å²) in [6.45, 7) is 0. The highest BCUT2D eigenvalue weighted by molar-refractivity contribution is 8.04. The van der Waals surface area contributed by atoms with E-state index in [1.807, 2.05) is 17.4 Å². The summed E-state index contributed by atoms with van der Waals surface area (Å²) in [5, 5.41) is 12.3. The van der Waals surface area contributed by atoms with E-state index in [1.165, 1.54) is 44.5 Å². The third-order valence-corrected chi connectivity index (χ3v) is 4.87. The summed E-state index contributed by atoms with van der Waals surface area (Å²) in [6.07, 6.45) is 2.59. The van der Waals surface area contributed by atoms with E-state index in [4.69, 9.17) is 5.26 Å². The van der Waals surface area contributed by atoms with Crippen molar-refractivity contribution in [2.75, 3.05) is 0 Å². The molecule has 0 bridgehead atoms. The molecule has 2 aromatic rings. The van der Waals surface area contributed by atoms with Crippen LogP contribution in [0, 0.1) is 10.7 Å². The Bertz CT molecular complexity index is 546. The number of thioether (sulfide) groups is 1. The van der Waals surface area contributed by atoms with E-state index in [9.17, 15) is 0 Å². The van der Waals surface area contributed by atoms with Gasteiger partial charge in [0.1, 0.15) is 5.40 Å². The number of thiocyanates is 1. The Morgan fingerprint density at radius 3 is 2.87 bits per heavy atom. The molecule has 0 unspecified atom stereocenters. The second-order valence-electron chi connectivity index (χ2n) is 3.76. The Kier molecular flexibility index (Phi) is 2.19. The van der Waals surface area contributed by atoms with Gasteiger partial charge >= 0.3 is 0 Å². The van der Waals surface area contributed by atoms with E-state index in [-0.39, 0.29) is 0 Å². The highest BCUT2D eigenvalue weighted by Crippen LogP contribution is 2.50. The molecule has 0 spiro atoms. The number of benzene rings is 1. The molecule has 1 heterocycles. The van der Waals surface area contributed by atoms with Gasteiger partial charge in [-0.25, -0.2) is 0 Å². The lowest BCUT2D eigenvalue weighted by Crippen LogP contribution is -1.74. The van der Waals surface area contributed by atoms with Crippen molar-refractivity contribution in [1.29, 1.82) is 5.26 Å². The Labute approximate surface area is 96.7 Å². The molecule has 0 atom stereocenters. The quantitative estimate of drug-likeness (QED) is 0.566. The first kappa shape index (κ1) is 9.26. The largest absolute Gasteiger partial charge is 0.185 e. The maximum atomic E-state index is 8.84. The van der Waals surface area contributed by atoms with Crippen molar-refractivity contribution in [3.8, 4) is 5.40 Å². The van der Waals surface area contributed by atoms with Gasteiger partial charge in [0.2, 0.25) is 0 Å². The molecule has 15 heavy (non-hydrogen) atoms. The van der Waals surface area contributed by atoms with Gasteiger partial charge in [-0.15, -0.1) is 11.3 Å². The molecule has 1 aromatic carbocycles. The fourth-order valence-electron chi connectivity index (χ4n) is 1.81. The molecule has 0 saturated heterocycles. The molecule has 1 fully saturated rings. The lowest BCUT2D eigenvalue weighted by atomic mass is 10.2. The molecule has 1 aromatic heterocycles. The molecule has 3 rings (SSSR count). The first-order valence-corrected chi connectivity index (χ1v) is 6.61. The minimum atomic E-state index is 0.734. The fourth-order valence-corrected chi connectivity index (χ4v) is 4.04. The second kappa shape index (κ2) is 3.55. The first-order chi connectivity index (χ1) is 7.40. The van der Waals surface area contributed by atoms with Crippen molar-refractivity contribution in [2.45, 2.75) is 23.7 Å². The van der Waals surface area contributed by atoms with Crippen LogP contribution in [0.2, 0.25) is 0 Å². The molecule has 1 aliphatic rings. The smallest absolute Gasteiger partial charge is 0.138 e. The average molecular weight is 231 g/mol. The van der Waals surface area contributed by atoms with Gasteiger partial charge in [0.05, 0.1) is 0 Å². The van der Waals surface area contributed by atoms with Gasteiger partial charge < -0.3 is 0 Å². The van der Waals surface area contributed by atoms with E-state index in [0.29, 0.717) is 0 Å². The lowest BCUT2D eigenvalue weighted by molar-refractivity contribution is 1.14. The fraction of sp³-hybridized carbons (Fsp3) is 0.250. The number of rotatable bonds is 2. The standard InChI is InChI=1S/C12H9NS2/c13-7-14-12-9-3-1-2-4-10(9)15-11(12)8-5-6-8/h1-4,8H,5-6H2. The summed E-state index contributed by atoms with van der Waals surface area (Å²) in [7, 11) is 0. The van der Waals surface area contributed by atoms with Crippen LogP contribution in [0.3, 0.4) is 0 Å². The summed E-state index contributed by atoms with van der Waals surface area (Å²) in [4.78, 5) is 2.64. The monoisotopic (exact) mass is 231 g/mol. The maximum absolute atomic E-state index is 8.84. The van der Waals surface area contributed by atoms with Crippen molar-refractivity contribution in [3.05, 3.63) is 29.1 Å². The van der Waals surface area contributed by atoms with E-state index >= 15 is 0 Å². The van der Waals surface area contributed by atoms with Crippen LogP contribution in [0.5, 0.6) is 0 Å². The van der Waals surface area contributed by atoms with Gasteiger partial charge in [-0.05, 0) is 36.6 Å². The summed E-state index contributed by atoms with van der Waals surface area (Å²) < 4.78 is 1.32. The van der Waals surface area contributed by atoms with E-state index in [0.717, 1.165) is 5.92 Å². The Balaban J connectivity index is 2.24. The Morgan fingerprint density at radius 1 is 1.33 bits per heavy atom. The zero-order valence-corrected chi connectivity index (χ0v) is 9.70. The van der Waals surface area contributed by atoms with Crippen LogP contribution in [0.25, 0.3) is 10.1 Å². The van der Waals surface area contributed by atoms with Crippen LogP contribution in [-0.2, 0) is 0 Å². The number of thiophene rings is 1. The van der Waals surface area contributed by atoms with E-state index in [2.05, 4.69) is 23.6 Å². The van der Waals surface area contributed by atoms with Crippen LogP contribution in [0.15, 0.2) is 29.2 Å². The molecule has 0 N–H and O–H groups in total. The Morgan fingerprint density at radius 2 is 2.13 bits per heavy atom. The number of nitriles is 1. The lowest BCUT2D eigenvalue weighted by Gasteiger charge is -1.95.